The monoisotopic (exact) mass is 523 g/mol. The second-order valence-electron chi connectivity index (χ2n) is 7.95. The Labute approximate surface area is 189 Å². The van der Waals surface area contributed by atoms with Gasteiger partial charge in [0.2, 0.25) is 0 Å². The van der Waals surface area contributed by atoms with Gasteiger partial charge in [0.25, 0.3) is 0 Å². The van der Waals surface area contributed by atoms with Crippen LogP contribution in [0.5, 0.6) is 5.75 Å². The van der Waals surface area contributed by atoms with Crippen molar-refractivity contribution in [3.8, 4) is 5.75 Å². The Kier molecular flexibility index (Phi) is 6.66. The van der Waals surface area contributed by atoms with E-state index in [1.165, 1.54) is 7.11 Å². The summed E-state index contributed by atoms with van der Waals surface area (Å²) >= 11 is 2.24. The van der Waals surface area contributed by atoms with Gasteiger partial charge in [0.1, 0.15) is 5.75 Å². The van der Waals surface area contributed by atoms with Crippen LogP contribution >= 0.6 is 22.6 Å². The van der Waals surface area contributed by atoms with Crippen molar-refractivity contribution in [1.82, 2.24) is 14.8 Å². The van der Waals surface area contributed by atoms with E-state index in [4.69, 9.17) is 19.2 Å². The number of esters is 1. The highest BCUT2D eigenvalue weighted by Crippen LogP contribution is 2.34. The van der Waals surface area contributed by atoms with Gasteiger partial charge in [-0.3, -0.25) is 0 Å². The number of rotatable bonds is 6. The number of aryl methyl sites for hydroxylation is 1. The number of benzene rings is 1. The summed E-state index contributed by atoms with van der Waals surface area (Å²) in [6.07, 6.45) is 0.922. The van der Waals surface area contributed by atoms with Gasteiger partial charge in [-0.1, -0.05) is 12.1 Å². The first-order chi connectivity index (χ1) is 14.1. The summed E-state index contributed by atoms with van der Waals surface area (Å²) in [7, 11) is 3.01. The number of aromatic nitrogens is 3. The molecule has 160 valence electrons. The third-order valence-corrected chi connectivity index (χ3v) is 5.75. The van der Waals surface area contributed by atoms with Crippen molar-refractivity contribution in [3.63, 3.8) is 0 Å². The van der Waals surface area contributed by atoms with E-state index in [0.717, 1.165) is 25.9 Å². The van der Waals surface area contributed by atoms with E-state index in [2.05, 4.69) is 27.7 Å². The lowest BCUT2D eigenvalue weighted by atomic mass is 10.0. The van der Waals surface area contributed by atoms with E-state index in [1.807, 2.05) is 56.6 Å². The number of ether oxygens (including phenoxy) is 3. The van der Waals surface area contributed by atoms with Gasteiger partial charge in [0.05, 0.1) is 37.9 Å². The highest BCUT2D eigenvalue weighted by molar-refractivity contribution is 14.1. The van der Waals surface area contributed by atoms with Crippen molar-refractivity contribution in [2.45, 2.75) is 45.9 Å². The zero-order valence-corrected chi connectivity index (χ0v) is 20.2. The molecule has 1 aromatic carbocycles. The molecule has 1 unspecified atom stereocenters. The molecule has 0 aliphatic rings. The molecule has 0 saturated heterocycles. The minimum Gasteiger partial charge on any atom is -0.497 e. The van der Waals surface area contributed by atoms with E-state index < -0.39 is 17.7 Å². The molecule has 0 radical (unpaired) electrons. The van der Waals surface area contributed by atoms with Crippen LogP contribution in [0.3, 0.4) is 0 Å². The summed E-state index contributed by atoms with van der Waals surface area (Å²) in [5, 5.41) is 5.41. The molecular weight excluding hydrogens is 497 g/mol. The number of hydrogen-bond acceptors (Lipinski definition) is 6. The maximum absolute atomic E-state index is 12.5. The minimum absolute atomic E-state index is 0.447. The van der Waals surface area contributed by atoms with Crippen molar-refractivity contribution >= 4 is 39.6 Å². The van der Waals surface area contributed by atoms with E-state index in [9.17, 15) is 4.79 Å². The average Bonchev–Trinajstić information content (AvgIpc) is 3.09. The Morgan fingerprint density at radius 1 is 1.20 bits per heavy atom. The lowest BCUT2D eigenvalue weighted by Crippen LogP contribution is -2.29. The molecule has 1 atom stereocenters. The van der Waals surface area contributed by atoms with E-state index >= 15 is 0 Å². The van der Waals surface area contributed by atoms with Crippen LogP contribution in [0.15, 0.2) is 30.5 Å². The summed E-state index contributed by atoms with van der Waals surface area (Å²) in [5.41, 5.74) is 2.75. The fraction of sp³-hybridized carbons (Fsp3) is 0.409. The van der Waals surface area contributed by atoms with Gasteiger partial charge in [-0.15, -0.1) is 0 Å². The number of halogens is 1. The van der Waals surface area contributed by atoms with Crippen LogP contribution in [0.2, 0.25) is 0 Å². The number of methoxy groups -OCH3 is 2. The standard InChI is InChI=1S/C22H26IN3O4/c1-13-17(19(21(27)29-6)30-22(2,3)4)18(23)16-11-24-26(20(16)25-13)12-14-7-9-15(28-5)10-8-14/h7-11,19H,12H2,1-6H3. The van der Waals surface area contributed by atoms with Gasteiger partial charge in [-0.05, 0) is 68.0 Å². The fourth-order valence-electron chi connectivity index (χ4n) is 3.18. The highest BCUT2D eigenvalue weighted by Gasteiger charge is 2.32. The number of fused-ring (bicyclic) bond motifs is 1. The zero-order valence-electron chi connectivity index (χ0n) is 18.0. The summed E-state index contributed by atoms with van der Waals surface area (Å²) in [6.45, 7) is 8.18. The van der Waals surface area contributed by atoms with Gasteiger partial charge < -0.3 is 14.2 Å². The van der Waals surface area contributed by atoms with Crippen LogP contribution in [0.25, 0.3) is 11.0 Å². The fourth-order valence-corrected chi connectivity index (χ4v) is 4.24. The Hall–Kier alpha value is -2.20. The van der Waals surface area contributed by atoms with Crippen molar-refractivity contribution in [3.05, 3.63) is 50.9 Å². The molecule has 3 aromatic rings. The van der Waals surface area contributed by atoms with Crippen molar-refractivity contribution < 1.29 is 19.0 Å². The van der Waals surface area contributed by atoms with Crippen molar-refractivity contribution in [1.29, 1.82) is 0 Å². The van der Waals surface area contributed by atoms with Crippen LogP contribution < -0.4 is 4.74 Å². The lowest BCUT2D eigenvalue weighted by molar-refractivity contribution is -0.164. The van der Waals surface area contributed by atoms with E-state index in [0.29, 0.717) is 17.8 Å². The molecule has 0 spiro atoms. The van der Waals surface area contributed by atoms with Crippen LogP contribution in [-0.4, -0.2) is 40.6 Å². The Morgan fingerprint density at radius 3 is 2.43 bits per heavy atom. The van der Waals surface area contributed by atoms with Crippen molar-refractivity contribution in [2.75, 3.05) is 14.2 Å². The van der Waals surface area contributed by atoms with E-state index in [-0.39, 0.29) is 0 Å². The molecule has 0 aliphatic carbocycles. The molecule has 0 bridgehead atoms. The first-order valence-corrected chi connectivity index (χ1v) is 10.6. The first-order valence-electron chi connectivity index (χ1n) is 9.54. The average molecular weight is 523 g/mol. The third kappa shape index (κ3) is 4.75. The molecule has 0 N–H and O–H groups in total. The topological polar surface area (TPSA) is 75.5 Å². The second-order valence-corrected chi connectivity index (χ2v) is 9.02. The van der Waals surface area contributed by atoms with Crippen LogP contribution in [0, 0.1) is 10.5 Å². The number of carbonyl (C=O) groups is 1. The third-order valence-electron chi connectivity index (χ3n) is 4.59. The Morgan fingerprint density at radius 2 is 1.87 bits per heavy atom. The summed E-state index contributed by atoms with van der Waals surface area (Å²) < 4.78 is 19.0. The molecular formula is C22H26IN3O4. The SMILES string of the molecule is COC(=O)C(OC(C)(C)C)c1c(C)nc2c(cnn2Cc2ccc(OC)cc2)c1I. The molecule has 7 nitrogen and oxygen atoms in total. The number of carbonyl (C=O) groups excluding carboxylic acids is 1. The quantitative estimate of drug-likeness (QED) is 0.352. The molecule has 0 amide bonds. The van der Waals surface area contributed by atoms with Gasteiger partial charge >= 0.3 is 5.97 Å². The lowest BCUT2D eigenvalue weighted by Gasteiger charge is -2.27. The molecule has 0 saturated carbocycles. The van der Waals surface area contributed by atoms with Crippen LogP contribution in [-0.2, 0) is 20.8 Å². The minimum atomic E-state index is -0.858. The predicted octanol–water partition coefficient (Wildman–Crippen LogP) is 4.43. The smallest absolute Gasteiger partial charge is 0.339 e. The maximum atomic E-state index is 12.5. The number of pyridine rings is 1. The van der Waals surface area contributed by atoms with Gasteiger partial charge in [0.15, 0.2) is 11.8 Å². The second kappa shape index (κ2) is 8.89. The molecule has 2 aromatic heterocycles. The molecule has 30 heavy (non-hydrogen) atoms. The highest BCUT2D eigenvalue weighted by atomic mass is 127. The molecule has 8 heteroatoms. The Bertz CT molecular complexity index is 1050. The van der Waals surface area contributed by atoms with Gasteiger partial charge in [0, 0.05) is 14.8 Å². The van der Waals surface area contributed by atoms with Gasteiger partial charge in [-0.25, -0.2) is 14.5 Å². The van der Waals surface area contributed by atoms with Crippen LogP contribution in [0.4, 0.5) is 0 Å². The largest absolute Gasteiger partial charge is 0.497 e. The zero-order chi connectivity index (χ0) is 22.1. The van der Waals surface area contributed by atoms with Gasteiger partial charge in [-0.2, -0.15) is 5.10 Å². The molecule has 3 rings (SSSR count). The normalized spacial score (nSPS) is 12.8. The molecule has 2 heterocycles. The first kappa shape index (κ1) is 22.5. The number of hydrogen-bond donors (Lipinski definition) is 0. The summed E-state index contributed by atoms with van der Waals surface area (Å²) in [5.74, 6) is 0.364. The Balaban J connectivity index is 2.04. The van der Waals surface area contributed by atoms with Crippen LogP contribution in [0.1, 0.15) is 43.7 Å². The predicted molar refractivity (Wildman–Crippen MR) is 123 cm³/mol. The summed E-state index contributed by atoms with van der Waals surface area (Å²) in [4.78, 5) is 17.3. The molecule has 0 aliphatic heterocycles. The maximum Gasteiger partial charge on any atom is 0.339 e. The van der Waals surface area contributed by atoms with Crippen molar-refractivity contribution in [2.24, 2.45) is 0 Å². The summed E-state index contributed by atoms with van der Waals surface area (Å²) in [6, 6.07) is 7.85. The van der Waals surface area contributed by atoms with E-state index in [1.54, 1.807) is 13.3 Å². The molecule has 0 fully saturated rings. The number of nitrogens with zero attached hydrogens (tertiary/aromatic N) is 3.